The van der Waals surface area contributed by atoms with Crippen LogP contribution in [0.3, 0.4) is 0 Å². The molecule has 25 heavy (non-hydrogen) atoms. The van der Waals surface area contributed by atoms with E-state index >= 15 is 0 Å². The summed E-state index contributed by atoms with van der Waals surface area (Å²) in [7, 11) is 0. The Labute approximate surface area is 153 Å². The van der Waals surface area contributed by atoms with E-state index in [-0.39, 0.29) is 0 Å². The Kier molecular flexibility index (Phi) is 8.14. The van der Waals surface area contributed by atoms with Crippen LogP contribution in [-0.4, -0.2) is 6.18 Å². The summed E-state index contributed by atoms with van der Waals surface area (Å²) < 4.78 is 40.7. The number of halogens is 3. The first-order chi connectivity index (χ1) is 11.9. The molecule has 2 saturated carbocycles. The van der Waals surface area contributed by atoms with Crippen molar-refractivity contribution in [1.82, 2.24) is 0 Å². The number of unbranched alkanes of at least 4 members (excludes halogenated alkanes) is 3. The van der Waals surface area contributed by atoms with E-state index in [0.717, 1.165) is 18.8 Å². The van der Waals surface area contributed by atoms with Gasteiger partial charge in [0.2, 0.25) is 0 Å². The summed E-state index contributed by atoms with van der Waals surface area (Å²) in [4.78, 5) is 0. The molecule has 0 saturated heterocycles. The summed E-state index contributed by atoms with van der Waals surface area (Å²) in [6.45, 7) is 4.14. The fraction of sp³-hybridized carbons (Fsp3) is 1.00. The third-order valence-electron chi connectivity index (χ3n) is 7.34. The highest BCUT2D eigenvalue weighted by atomic mass is 19.4. The zero-order valence-electron chi connectivity index (χ0n) is 16.5. The van der Waals surface area contributed by atoms with Crippen molar-refractivity contribution in [3.05, 3.63) is 0 Å². The molecule has 3 heteroatoms. The molecule has 0 aromatic rings. The minimum Gasteiger partial charge on any atom is -0.171 e. The third-order valence-corrected chi connectivity index (χ3v) is 7.34. The van der Waals surface area contributed by atoms with Crippen molar-refractivity contribution in [2.75, 3.05) is 0 Å². The molecule has 0 unspecified atom stereocenters. The van der Waals surface area contributed by atoms with E-state index in [9.17, 15) is 13.2 Å². The lowest BCUT2D eigenvalue weighted by Gasteiger charge is -2.44. The van der Waals surface area contributed by atoms with Crippen LogP contribution in [0.5, 0.6) is 0 Å². The summed E-state index contributed by atoms with van der Waals surface area (Å²) in [6, 6.07) is 0. The van der Waals surface area contributed by atoms with E-state index in [0.29, 0.717) is 37.5 Å². The highest BCUT2D eigenvalue weighted by molar-refractivity contribution is 4.93. The molecule has 0 aromatic carbocycles. The van der Waals surface area contributed by atoms with E-state index in [1.165, 1.54) is 57.8 Å². The van der Waals surface area contributed by atoms with Gasteiger partial charge in [0.25, 0.3) is 0 Å². The van der Waals surface area contributed by atoms with Crippen molar-refractivity contribution in [3.63, 3.8) is 0 Å². The van der Waals surface area contributed by atoms with Crippen LogP contribution in [0.2, 0.25) is 0 Å². The molecule has 0 heterocycles. The van der Waals surface area contributed by atoms with Gasteiger partial charge in [0.15, 0.2) is 0 Å². The lowest BCUT2D eigenvalue weighted by Crippen LogP contribution is -2.42. The van der Waals surface area contributed by atoms with Gasteiger partial charge < -0.3 is 0 Å². The Morgan fingerprint density at radius 3 is 1.88 bits per heavy atom. The first kappa shape index (κ1) is 21.1. The molecule has 0 N–H and O–H groups in total. The van der Waals surface area contributed by atoms with E-state index < -0.39 is 11.6 Å². The van der Waals surface area contributed by atoms with Crippen molar-refractivity contribution in [3.8, 4) is 0 Å². The summed E-state index contributed by atoms with van der Waals surface area (Å²) in [5.41, 5.74) is -1.37. The molecule has 2 aliphatic carbocycles. The summed E-state index contributed by atoms with van der Waals surface area (Å²) in [5.74, 6) is 2.17. The van der Waals surface area contributed by atoms with Crippen molar-refractivity contribution < 1.29 is 13.2 Å². The molecule has 0 radical (unpaired) electrons. The van der Waals surface area contributed by atoms with Crippen LogP contribution in [-0.2, 0) is 0 Å². The number of rotatable bonds is 8. The van der Waals surface area contributed by atoms with Gasteiger partial charge in [0, 0.05) is 0 Å². The molecular formula is C22H39F3. The second-order valence-electron chi connectivity index (χ2n) is 9.00. The van der Waals surface area contributed by atoms with Gasteiger partial charge in [-0.3, -0.25) is 0 Å². The molecular weight excluding hydrogens is 321 g/mol. The van der Waals surface area contributed by atoms with Crippen LogP contribution in [0.1, 0.15) is 110 Å². The van der Waals surface area contributed by atoms with E-state index in [2.05, 4.69) is 6.92 Å². The van der Waals surface area contributed by atoms with Crippen molar-refractivity contribution in [2.24, 2.45) is 23.2 Å². The quantitative estimate of drug-likeness (QED) is 0.382. The number of hydrogen-bond acceptors (Lipinski definition) is 0. The minimum absolute atomic E-state index is 0.327. The van der Waals surface area contributed by atoms with Crippen LogP contribution in [0.4, 0.5) is 13.2 Å². The summed E-state index contributed by atoms with van der Waals surface area (Å²) >= 11 is 0. The Balaban J connectivity index is 1.75. The Morgan fingerprint density at radius 2 is 1.36 bits per heavy atom. The molecule has 0 aliphatic heterocycles. The molecule has 0 amide bonds. The first-order valence-electron chi connectivity index (χ1n) is 11.0. The van der Waals surface area contributed by atoms with Gasteiger partial charge in [-0.15, -0.1) is 0 Å². The van der Waals surface area contributed by atoms with Crippen molar-refractivity contribution in [1.29, 1.82) is 0 Å². The van der Waals surface area contributed by atoms with Gasteiger partial charge in [-0.25, -0.2) is 0 Å². The maximum absolute atomic E-state index is 13.6. The molecule has 2 fully saturated rings. The van der Waals surface area contributed by atoms with Crippen LogP contribution in [0.15, 0.2) is 0 Å². The number of hydrogen-bond donors (Lipinski definition) is 0. The van der Waals surface area contributed by atoms with Gasteiger partial charge in [0.05, 0.1) is 5.41 Å². The predicted octanol–water partition coefficient (Wildman–Crippen LogP) is 8.30. The molecule has 0 atom stereocenters. The zero-order valence-corrected chi connectivity index (χ0v) is 16.5. The lowest BCUT2D eigenvalue weighted by molar-refractivity contribution is -0.241. The van der Waals surface area contributed by atoms with Gasteiger partial charge in [0.1, 0.15) is 0 Å². The molecule has 0 spiro atoms. The Hall–Kier alpha value is -0.210. The van der Waals surface area contributed by atoms with Crippen LogP contribution >= 0.6 is 0 Å². The summed E-state index contributed by atoms with van der Waals surface area (Å²) in [5, 5.41) is 0. The topological polar surface area (TPSA) is 0 Å². The highest BCUT2D eigenvalue weighted by Crippen LogP contribution is 2.55. The van der Waals surface area contributed by atoms with Crippen LogP contribution in [0.25, 0.3) is 0 Å². The Bertz CT molecular complexity index is 358. The van der Waals surface area contributed by atoms with E-state index in [1.54, 1.807) is 0 Å². The molecule has 148 valence electrons. The second kappa shape index (κ2) is 9.65. The van der Waals surface area contributed by atoms with Gasteiger partial charge >= 0.3 is 6.18 Å². The highest BCUT2D eigenvalue weighted by Gasteiger charge is 2.55. The van der Waals surface area contributed by atoms with E-state index in [4.69, 9.17) is 0 Å². The lowest BCUT2D eigenvalue weighted by atomic mass is 9.62. The summed E-state index contributed by atoms with van der Waals surface area (Å²) in [6.07, 6.45) is 11.3. The largest absolute Gasteiger partial charge is 0.394 e. The molecule has 0 aromatic heterocycles. The standard InChI is InChI=1S/C22H39F3/c1-3-5-6-7-8-18-9-11-19(12-10-18)20-13-16-21(15-4-2,17-14-20)22(23,24)25/h18-20H,3-17H2,1-2H3. The maximum atomic E-state index is 13.6. The molecule has 2 rings (SSSR count). The van der Waals surface area contributed by atoms with Gasteiger partial charge in [-0.2, -0.15) is 13.2 Å². The second-order valence-corrected chi connectivity index (χ2v) is 9.00. The van der Waals surface area contributed by atoms with E-state index in [1.807, 2.05) is 6.92 Å². The average Bonchev–Trinajstić information content (AvgIpc) is 2.59. The smallest absolute Gasteiger partial charge is 0.171 e. The predicted molar refractivity (Wildman–Crippen MR) is 99.6 cm³/mol. The van der Waals surface area contributed by atoms with Crippen molar-refractivity contribution >= 4 is 0 Å². The molecule has 0 nitrogen and oxygen atoms in total. The number of alkyl halides is 3. The minimum atomic E-state index is -4.01. The molecule has 2 aliphatic rings. The average molecular weight is 361 g/mol. The van der Waals surface area contributed by atoms with Gasteiger partial charge in [-0.05, 0) is 62.7 Å². The van der Waals surface area contributed by atoms with Crippen molar-refractivity contribution in [2.45, 2.75) is 116 Å². The SMILES string of the molecule is CCCCCCC1CCC(C2CCC(CCC)(C(F)(F)F)CC2)CC1. The monoisotopic (exact) mass is 360 g/mol. The maximum Gasteiger partial charge on any atom is 0.394 e. The van der Waals surface area contributed by atoms with Crippen LogP contribution in [0, 0.1) is 23.2 Å². The molecule has 0 bridgehead atoms. The fourth-order valence-electron chi connectivity index (χ4n) is 5.63. The Morgan fingerprint density at radius 1 is 0.760 bits per heavy atom. The zero-order chi connectivity index (χ0) is 18.3. The fourth-order valence-corrected chi connectivity index (χ4v) is 5.63. The third kappa shape index (κ3) is 5.63. The normalized spacial score (nSPS) is 34.2. The first-order valence-corrected chi connectivity index (χ1v) is 11.0. The van der Waals surface area contributed by atoms with Crippen LogP contribution < -0.4 is 0 Å². The van der Waals surface area contributed by atoms with Gasteiger partial charge in [-0.1, -0.05) is 65.2 Å².